The van der Waals surface area contributed by atoms with Crippen molar-refractivity contribution in [3.63, 3.8) is 0 Å². The molecular formula is C20H25N5O2. The molecular weight excluding hydrogens is 342 g/mol. The van der Waals surface area contributed by atoms with Gasteiger partial charge in [0.25, 0.3) is 5.91 Å². The van der Waals surface area contributed by atoms with Crippen molar-refractivity contribution >= 4 is 5.91 Å². The van der Waals surface area contributed by atoms with Gasteiger partial charge in [0.05, 0.1) is 30.7 Å². The molecule has 0 aliphatic heterocycles. The molecule has 2 aromatic heterocycles. The third-order valence-corrected chi connectivity index (χ3v) is 4.35. The highest BCUT2D eigenvalue weighted by Gasteiger charge is 2.20. The van der Waals surface area contributed by atoms with Gasteiger partial charge in [-0.3, -0.25) is 15.0 Å². The first-order valence-corrected chi connectivity index (χ1v) is 8.78. The maximum absolute atomic E-state index is 12.7. The van der Waals surface area contributed by atoms with Crippen LogP contribution in [0.5, 0.6) is 5.75 Å². The van der Waals surface area contributed by atoms with Crippen LogP contribution in [0.2, 0.25) is 0 Å². The zero-order chi connectivity index (χ0) is 19.6. The van der Waals surface area contributed by atoms with Gasteiger partial charge in [-0.1, -0.05) is 20.8 Å². The predicted molar refractivity (Wildman–Crippen MR) is 104 cm³/mol. The van der Waals surface area contributed by atoms with Crippen LogP contribution in [0.4, 0.5) is 0 Å². The van der Waals surface area contributed by atoms with Gasteiger partial charge < -0.3 is 9.64 Å². The lowest BCUT2D eigenvalue weighted by atomic mass is 9.92. The molecule has 3 aromatic rings. The van der Waals surface area contributed by atoms with Crippen molar-refractivity contribution in [2.24, 2.45) is 0 Å². The maximum atomic E-state index is 12.7. The molecule has 142 valence electrons. The second-order valence-electron chi connectivity index (χ2n) is 7.58. The molecule has 2 N–H and O–H groups in total. The van der Waals surface area contributed by atoms with Crippen LogP contribution in [-0.4, -0.2) is 45.4 Å². The second-order valence-corrected chi connectivity index (χ2v) is 7.58. The van der Waals surface area contributed by atoms with Gasteiger partial charge in [-0.15, -0.1) is 0 Å². The molecule has 0 bridgehead atoms. The van der Waals surface area contributed by atoms with E-state index in [9.17, 15) is 4.79 Å². The summed E-state index contributed by atoms with van der Waals surface area (Å²) in [6.07, 6.45) is 0. The van der Waals surface area contributed by atoms with E-state index in [0.717, 1.165) is 22.7 Å². The maximum Gasteiger partial charge on any atom is 0.271 e. The summed E-state index contributed by atoms with van der Waals surface area (Å²) in [4.78, 5) is 14.3. The minimum absolute atomic E-state index is 0.0338. The Hall–Kier alpha value is -3.09. The molecule has 0 radical (unpaired) electrons. The number of nitrogens with one attached hydrogen (secondary N) is 2. The van der Waals surface area contributed by atoms with E-state index in [-0.39, 0.29) is 11.3 Å². The van der Waals surface area contributed by atoms with E-state index in [1.807, 2.05) is 30.3 Å². The van der Waals surface area contributed by atoms with Crippen LogP contribution >= 0.6 is 0 Å². The lowest BCUT2D eigenvalue weighted by Crippen LogP contribution is -2.26. The first-order chi connectivity index (χ1) is 12.8. The smallest absolute Gasteiger partial charge is 0.271 e. The van der Waals surface area contributed by atoms with Crippen LogP contribution < -0.4 is 4.74 Å². The number of H-pyrrole nitrogens is 2. The number of benzene rings is 1. The number of hydrogen-bond acceptors (Lipinski definition) is 4. The fourth-order valence-corrected chi connectivity index (χ4v) is 2.70. The Morgan fingerprint density at radius 1 is 1.11 bits per heavy atom. The van der Waals surface area contributed by atoms with Crippen LogP contribution in [0.3, 0.4) is 0 Å². The lowest BCUT2D eigenvalue weighted by molar-refractivity contribution is 0.0777. The summed E-state index contributed by atoms with van der Waals surface area (Å²) in [5.74, 6) is 0.647. The number of methoxy groups -OCH3 is 1. The number of aromatic amines is 2. The Morgan fingerprint density at radius 3 is 2.41 bits per heavy atom. The van der Waals surface area contributed by atoms with Crippen molar-refractivity contribution in [3.05, 3.63) is 53.5 Å². The summed E-state index contributed by atoms with van der Waals surface area (Å²) in [5, 5.41) is 14.4. The van der Waals surface area contributed by atoms with Gasteiger partial charge in [-0.25, -0.2) is 0 Å². The van der Waals surface area contributed by atoms with Crippen molar-refractivity contribution in [2.75, 3.05) is 14.2 Å². The van der Waals surface area contributed by atoms with Crippen LogP contribution in [0.15, 0.2) is 36.4 Å². The molecule has 1 amide bonds. The number of hydrogen-bond donors (Lipinski definition) is 2. The standard InChI is InChI=1S/C20H25N5O2/c1-20(2,3)18-10-14(21-24-18)12-25(4)19(26)17-11-16(22-23-17)13-6-8-15(27-5)9-7-13/h6-11H,12H2,1-5H3,(H,21,24)(H,22,23). The first kappa shape index (κ1) is 18.7. The molecule has 0 atom stereocenters. The number of amides is 1. The Kier molecular flexibility index (Phi) is 5.03. The average molecular weight is 367 g/mol. The van der Waals surface area contributed by atoms with Crippen molar-refractivity contribution in [2.45, 2.75) is 32.7 Å². The zero-order valence-corrected chi connectivity index (χ0v) is 16.3. The molecule has 7 nitrogen and oxygen atoms in total. The predicted octanol–water partition coefficient (Wildman–Crippen LogP) is 3.38. The molecule has 3 rings (SSSR count). The van der Waals surface area contributed by atoms with Gasteiger partial charge >= 0.3 is 0 Å². The molecule has 0 saturated carbocycles. The number of rotatable bonds is 5. The van der Waals surface area contributed by atoms with E-state index < -0.39 is 0 Å². The molecule has 2 heterocycles. The largest absolute Gasteiger partial charge is 0.497 e. The van der Waals surface area contributed by atoms with Gasteiger partial charge in [-0.2, -0.15) is 10.2 Å². The van der Waals surface area contributed by atoms with Gasteiger partial charge in [0.1, 0.15) is 11.4 Å². The second kappa shape index (κ2) is 7.26. The van der Waals surface area contributed by atoms with Crippen LogP contribution in [0.25, 0.3) is 11.3 Å². The van der Waals surface area contributed by atoms with Gasteiger partial charge in [0.15, 0.2) is 0 Å². The first-order valence-electron chi connectivity index (χ1n) is 8.78. The van der Waals surface area contributed by atoms with Crippen molar-refractivity contribution in [3.8, 4) is 17.0 Å². The minimum Gasteiger partial charge on any atom is -0.497 e. The normalized spacial score (nSPS) is 11.4. The van der Waals surface area contributed by atoms with Crippen molar-refractivity contribution in [1.82, 2.24) is 25.3 Å². The summed E-state index contributed by atoms with van der Waals surface area (Å²) in [6, 6.07) is 11.3. The highest BCUT2D eigenvalue weighted by molar-refractivity contribution is 5.93. The Bertz CT molecular complexity index is 919. The van der Waals surface area contributed by atoms with Gasteiger partial charge in [0.2, 0.25) is 0 Å². The molecule has 0 saturated heterocycles. The summed E-state index contributed by atoms with van der Waals surface area (Å²) >= 11 is 0. The number of ether oxygens (including phenoxy) is 1. The Balaban J connectivity index is 1.70. The van der Waals surface area contributed by atoms with E-state index in [1.165, 1.54) is 0 Å². The number of nitrogens with zero attached hydrogens (tertiary/aromatic N) is 3. The third kappa shape index (κ3) is 4.19. The molecule has 0 aliphatic rings. The fourth-order valence-electron chi connectivity index (χ4n) is 2.70. The van der Waals surface area contributed by atoms with E-state index in [1.54, 1.807) is 25.1 Å². The third-order valence-electron chi connectivity index (χ3n) is 4.35. The summed E-state index contributed by atoms with van der Waals surface area (Å²) in [7, 11) is 3.38. The highest BCUT2D eigenvalue weighted by Crippen LogP contribution is 2.22. The summed E-state index contributed by atoms with van der Waals surface area (Å²) in [6.45, 7) is 6.76. The molecule has 0 unspecified atom stereocenters. The van der Waals surface area contributed by atoms with Crippen LogP contribution in [0.1, 0.15) is 42.6 Å². The fraction of sp³-hybridized carbons (Fsp3) is 0.350. The summed E-state index contributed by atoms with van der Waals surface area (Å²) < 4.78 is 5.16. The SMILES string of the molecule is COc1ccc(-c2cc(C(=O)N(C)Cc3cc(C(C)(C)C)n[nH]3)[nH]n2)cc1. The van der Waals surface area contributed by atoms with E-state index >= 15 is 0 Å². The lowest BCUT2D eigenvalue weighted by Gasteiger charge is -2.15. The van der Waals surface area contributed by atoms with Gasteiger partial charge in [-0.05, 0) is 36.4 Å². The molecule has 7 heteroatoms. The zero-order valence-electron chi connectivity index (χ0n) is 16.3. The molecule has 0 aliphatic carbocycles. The van der Waals surface area contributed by atoms with Crippen molar-refractivity contribution < 1.29 is 9.53 Å². The topological polar surface area (TPSA) is 86.9 Å². The van der Waals surface area contributed by atoms with Crippen LogP contribution in [0, 0.1) is 0 Å². The number of carbonyl (C=O) groups excluding carboxylic acids is 1. The van der Waals surface area contributed by atoms with E-state index in [2.05, 4.69) is 41.2 Å². The summed E-state index contributed by atoms with van der Waals surface area (Å²) in [5.41, 5.74) is 3.91. The van der Waals surface area contributed by atoms with Gasteiger partial charge in [0, 0.05) is 18.0 Å². The monoisotopic (exact) mass is 367 g/mol. The Labute approximate surface area is 158 Å². The molecule has 0 fully saturated rings. The number of carbonyl (C=O) groups is 1. The van der Waals surface area contributed by atoms with E-state index in [4.69, 9.17) is 4.74 Å². The Morgan fingerprint density at radius 2 is 1.81 bits per heavy atom. The van der Waals surface area contributed by atoms with Crippen LogP contribution in [-0.2, 0) is 12.0 Å². The number of aromatic nitrogens is 4. The highest BCUT2D eigenvalue weighted by atomic mass is 16.5. The van der Waals surface area contributed by atoms with E-state index in [0.29, 0.717) is 17.9 Å². The molecule has 0 spiro atoms. The molecule has 1 aromatic carbocycles. The molecule has 27 heavy (non-hydrogen) atoms. The minimum atomic E-state index is -0.130. The average Bonchev–Trinajstić information content (AvgIpc) is 3.30. The quantitative estimate of drug-likeness (QED) is 0.724. The van der Waals surface area contributed by atoms with Crippen molar-refractivity contribution in [1.29, 1.82) is 0 Å².